The first-order chi connectivity index (χ1) is 13.2. The van der Waals surface area contributed by atoms with E-state index in [-0.39, 0.29) is 12.0 Å². The van der Waals surface area contributed by atoms with Crippen LogP contribution in [-0.2, 0) is 4.74 Å². The third-order valence-electron chi connectivity index (χ3n) is 4.74. The average molecular weight is 370 g/mol. The Morgan fingerprint density at radius 2 is 1.93 bits per heavy atom. The van der Waals surface area contributed by atoms with Gasteiger partial charge in [-0.25, -0.2) is 0 Å². The van der Waals surface area contributed by atoms with Crippen molar-refractivity contribution in [3.8, 4) is 22.6 Å². The highest BCUT2D eigenvalue weighted by Crippen LogP contribution is 2.32. The third-order valence-corrected chi connectivity index (χ3v) is 4.74. The van der Waals surface area contributed by atoms with Crippen molar-refractivity contribution in [1.82, 2.24) is 4.90 Å². The molecule has 1 aliphatic rings. The van der Waals surface area contributed by atoms with E-state index in [0.29, 0.717) is 43.3 Å². The minimum atomic E-state index is 0.0155. The Balaban J connectivity index is 1.82. The molecule has 1 aliphatic heterocycles. The Labute approximate surface area is 159 Å². The predicted octanol–water partition coefficient (Wildman–Crippen LogP) is 2.56. The van der Waals surface area contributed by atoms with Gasteiger partial charge in [0.2, 0.25) is 0 Å². The summed E-state index contributed by atoms with van der Waals surface area (Å²) in [6, 6.07) is 13.4. The molecule has 0 spiro atoms. The lowest BCUT2D eigenvalue weighted by Gasteiger charge is -2.33. The zero-order valence-electron chi connectivity index (χ0n) is 15.8. The van der Waals surface area contributed by atoms with E-state index in [1.165, 1.54) is 0 Å². The molecule has 3 rings (SSSR count). The van der Waals surface area contributed by atoms with Crippen LogP contribution in [-0.4, -0.2) is 57.4 Å². The molecule has 144 valence electrons. The summed E-state index contributed by atoms with van der Waals surface area (Å²) < 4.78 is 16.3. The number of morpholine rings is 1. The van der Waals surface area contributed by atoms with E-state index < -0.39 is 0 Å². The van der Waals surface area contributed by atoms with Gasteiger partial charge >= 0.3 is 0 Å². The molecule has 2 aromatic rings. The smallest absolute Gasteiger partial charge is 0.254 e. The molecule has 1 amide bonds. The normalized spacial score (nSPS) is 16.9. The quantitative estimate of drug-likeness (QED) is 0.846. The summed E-state index contributed by atoms with van der Waals surface area (Å²) in [7, 11) is 3.22. The zero-order chi connectivity index (χ0) is 19.2. The SMILES string of the molecule is COc1ccc(-c2cccc(C(=O)N3CCO[C@@H](CCN)C3)c2)cc1OC. The number of hydrogen-bond acceptors (Lipinski definition) is 5. The summed E-state index contributed by atoms with van der Waals surface area (Å²) in [5.74, 6) is 1.35. The largest absolute Gasteiger partial charge is 0.493 e. The van der Waals surface area contributed by atoms with Crippen LogP contribution in [0, 0.1) is 0 Å². The van der Waals surface area contributed by atoms with Crippen LogP contribution >= 0.6 is 0 Å². The highest BCUT2D eigenvalue weighted by molar-refractivity contribution is 5.95. The van der Waals surface area contributed by atoms with E-state index in [1.54, 1.807) is 14.2 Å². The second-order valence-electron chi connectivity index (χ2n) is 6.47. The van der Waals surface area contributed by atoms with Gasteiger partial charge in [0, 0.05) is 18.7 Å². The van der Waals surface area contributed by atoms with Gasteiger partial charge in [0.1, 0.15) is 0 Å². The number of carbonyl (C=O) groups excluding carboxylic acids is 1. The highest BCUT2D eigenvalue weighted by Gasteiger charge is 2.24. The number of carbonyl (C=O) groups is 1. The van der Waals surface area contributed by atoms with Crippen molar-refractivity contribution in [2.24, 2.45) is 5.73 Å². The Morgan fingerprint density at radius 1 is 1.15 bits per heavy atom. The molecular weight excluding hydrogens is 344 g/mol. The topological polar surface area (TPSA) is 74.0 Å². The van der Waals surface area contributed by atoms with Gasteiger partial charge in [-0.1, -0.05) is 18.2 Å². The monoisotopic (exact) mass is 370 g/mol. The predicted molar refractivity (Wildman–Crippen MR) is 104 cm³/mol. The number of methoxy groups -OCH3 is 2. The van der Waals surface area contributed by atoms with Crippen LogP contribution in [0.1, 0.15) is 16.8 Å². The third kappa shape index (κ3) is 4.40. The van der Waals surface area contributed by atoms with Crippen molar-refractivity contribution >= 4 is 5.91 Å². The van der Waals surface area contributed by atoms with Crippen molar-refractivity contribution in [2.45, 2.75) is 12.5 Å². The standard InChI is InChI=1S/C21H26N2O4/c1-25-19-7-6-16(13-20(19)26-2)15-4-3-5-17(12-15)21(24)23-10-11-27-18(14-23)8-9-22/h3-7,12-13,18H,8-11,14,22H2,1-2H3/t18-/m0/s1. The fraction of sp³-hybridized carbons (Fsp3) is 0.381. The number of ether oxygens (including phenoxy) is 3. The van der Waals surface area contributed by atoms with Crippen LogP contribution in [0.4, 0.5) is 0 Å². The van der Waals surface area contributed by atoms with Gasteiger partial charge < -0.3 is 24.8 Å². The second kappa shape index (κ2) is 8.88. The van der Waals surface area contributed by atoms with E-state index >= 15 is 0 Å². The van der Waals surface area contributed by atoms with Gasteiger partial charge in [0.05, 0.1) is 26.9 Å². The van der Waals surface area contributed by atoms with E-state index in [9.17, 15) is 4.79 Å². The van der Waals surface area contributed by atoms with Crippen LogP contribution in [0.3, 0.4) is 0 Å². The van der Waals surface area contributed by atoms with E-state index in [0.717, 1.165) is 17.5 Å². The second-order valence-corrected chi connectivity index (χ2v) is 6.47. The Bertz CT molecular complexity index is 792. The van der Waals surface area contributed by atoms with Crippen molar-refractivity contribution in [3.05, 3.63) is 48.0 Å². The lowest BCUT2D eigenvalue weighted by Crippen LogP contribution is -2.46. The van der Waals surface area contributed by atoms with Gasteiger partial charge in [-0.3, -0.25) is 4.79 Å². The maximum atomic E-state index is 13.0. The minimum absolute atomic E-state index is 0.0155. The number of nitrogens with two attached hydrogens (primary N) is 1. The molecular formula is C21H26N2O4. The summed E-state index contributed by atoms with van der Waals surface area (Å²) in [5.41, 5.74) is 8.20. The molecule has 1 saturated heterocycles. The molecule has 0 bridgehead atoms. The summed E-state index contributed by atoms with van der Waals surface area (Å²) in [6.07, 6.45) is 0.775. The summed E-state index contributed by atoms with van der Waals surface area (Å²) in [5, 5.41) is 0. The Hall–Kier alpha value is -2.57. The molecule has 2 aromatic carbocycles. The van der Waals surface area contributed by atoms with Crippen LogP contribution in [0.2, 0.25) is 0 Å². The Morgan fingerprint density at radius 3 is 2.67 bits per heavy atom. The van der Waals surface area contributed by atoms with Gasteiger partial charge in [-0.15, -0.1) is 0 Å². The van der Waals surface area contributed by atoms with Crippen LogP contribution < -0.4 is 15.2 Å². The zero-order valence-corrected chi connectivity index (χ0v) is 15.8. The molecule has 0 unspecified atom stereocenters. The minimum Gasteiger partial charge on any atom is -0.493 e. The number of benzene rings is 2. The van der Waals surface area contributed by atoms with Gasteiger partial charge in [-0.2, -0.15) is 0 Å². The molecule has 1 fully saturated rings. The summed E-state index contributed by atoms with van der Waals surface area (Å²) in [4.78, 5) is 14.8. The maximum Gasteiger partial charge on any atom is 0.254 e. The van der Waals surface area contributed by atoms with Crippen LogP contribution in [0.25, 0.3) is 11.1 Å². The molecule has 6 nitrogen and oxygen atoms in total. The molecule has 0 aromatic heterocycles. The lowest BCUT2D eigenvalue weighted by atomic mass is 10.0. The van der Waals surface area contributed by atoms with Gasteiger partial charge in [-0.05, 0) is 48.4 Å². The Kier molecular flexibility index (Phi) is 6.32. The molecule has 6 heteroatoms. The number of hydrogen-bond donors (Lipinski definition) is 1. The summed E-state index contributed by atoms with van der Waals surface area (Å²) >= 11 is 0. The lowest BCUT2D eigenvalue weighted by molar-refractivity contribution is -0.0236. The molecule has 27 heavy (non-hydrogen) atoms. The highest BCUT2D eigenvalue weighted by atomic mass is 16.5. The van der Waals surface area contributed by atoms with Crippen molar-refractivity contribution in [3.63, 3.8) is 0 Å². The first-order valence-corrected chi connectivity index (χ1v) is 9.09. The van der Waals surface area contributed by atoms with Crippen LogP contribution in [0.15, 0.2) is 42.5 Å². The fourth-order valence-corrected chi connectivity index (χ4v) is 3.29. The van der Waals surface area contributed by atoms with Crippen molar-refractivity contribution < 1.29 is 19.0 Å². The first kappa shape index (κ1) is 19.2. The first-order valence-electron chi connectivity index (χ1n) is 9.09. The van der Waals surface area contributed by atoms with Crippen molar-refractivity contribution in [1.29, 1.82) is 0 Å². The average Bonchev–Trinajstić information content (AvgIpc) is 2.73. The number of amides is 1. The number of rotatable bonds is 6. The molecule has 0 aliphatic carbocycles. The van der Waals surface area contributed by atoms with Gasteiger partial charge in [0.15, 0.2) is 11.5 Å². The number of nitrogens with zero attached hydrogens (tertiary/aromatic N) is 1. The van der Waals surface area contributed by atoms with Crippen LogP contribution in [0.5, 0.6) is 11.5 Å². The molecule has 1 atom stereocenters. The summed E-state index contributed by atoms with van der Waals surface area (Å²) in [6.45, 7) is 2.28. The van der Waals surface area contributed by atoms with E-state index in [4.69, 9.17) is 19.9 Å². The fourth-order valence-electron chi connectivity index (χ4n) is 3.29. The van der Waals surface area contributed by atoms with Crippen molar-refractivity contribution in [2.75, 3.05) is 40.5 Å². The van der Waals surface area contributed by atoms with E-state index in [2.05, 4.69) is 0 Å². The van der Waals surface area contributed by atoms with E-state index in [1.807, 2.05) is 47.4 Å². The molecule has 2 N–H and O–H groups in total. The maximum absolute atomic E-state index is 13.0. The van der Waals surface area contributed by atoms with Gasteiger partial charge in [0.25, 0.3) is 5.91 Å². The molecule has 0 radical (unpaired) electrons. The molecule has 1 heterocycles. The molecule has 0 saturated carbocycles.